The van der Waals surface area contributed by atoms with E-state index in [0.717, 1.165) is 10.5 Å². The van der Waals surface area contributed by atoms with Gasteiger partial charge < -0.3 is 9.47 Å². The Morgan fingerprint density at radius 2 is 2.00 bits per heavy atom. The molecule has 96 valence electrons. The first-order valence-electron chi connectivity index (χ1n) is 5.54. The Kier molecular flexibility index (Phi) is 5.62. The molecule has 0 aliphatic rings. The van der Waals surface area contributed by atoms with Crippen LogP contribution in [0.5, 0.6) is 5.75 Å². The highest BCUT2D eigenvalue weighted by molar-refractivity contribution is 9.10. The summed E-state index contributed by atoms with van der Waals surface area (Å²) in [5.74, 6) is 0.156. The van der Waals surface area contributed by atoms with E-state index in [1.54, 1.807) is 6.07 Å². The Bertz CT molecular complexity index is 366. The molecule has 0 N–H and O–H groups in total. The topological polar surface area (TPSA) is 18.5 Å². The van der Waals surface area contributed by atoms with E-state index in [0.29, 0.717) is 12.4 Å². The highest BCUT2D eigenvalue weighted by Gasteiger charge is 2.12. The predicted molar refractivity (Wildman–Crippen MR) is 73.7 cm³/mol. The molecular weight excluding hydrogens is 303 g/mol. The molecule has 1 aromatic carbocycles. The van der Waals surface area contributed by atoms with E-state index in [-0.39, 0.29) is 12.6 Å². The molecule has 0 saturated heterocycles. The Balaban J connectivity index is 2.29. The minimum atomic E-state index is -1.06. The second kappa shape index (κ2) is 6.52. The van der Waals surface area contributed by atoms with Crippen molar-refractivity contribution < 1.29 is 13.9 Å². The van der Waals surface area contributed by atoms with Gasteiger partial charge >= 0.3 is 0 Å². The summed E-state index contributed by atoms with van der Waals surface area (Å²) in [6.07, 6.45) is 0. The molecule has 0 spiro atoms. The number of hydrogen-bond acceptors (Lipinski definition) is 2. The second-order valence-electron chi connectivity index (χ2n) is 5.06. The monoisotopic (exact) mass is 320 g/mol. The SMILES string of the molecule is C[Si](C)(C)CCOCOc1cc(F)ccc1Br. The smallest absolute Gasteiger partial charge is 0.189 e. The summed E-state index contributed by atoms with van der Waals surface area (Å²) < 4.78 is 24.4. The van der Waals surface area contributed by atoms with Crippen LogP contribution in [0.3, 0.4) is 0 Å². The second-order valence-corrected chi connectivity index (χ2v) is 11.5. The highest BCUT2D eigenvalue weighted by atomic mass is 79.9. The van der Waals surface area contributed by atoms with E-state index in [9.17, 15) is 4.39 Å². The van der Waals surface area contributed by atoms with Crippen LogP contribution >= 0.6 is 15.9 Å². The van der Waals surface area contributed by atoms with Crippen molar-refractivity contribution in [2.75, 3.05) is 13.4 Å². The van der Waals surface area contributed by atoms with Gasteiger partial charge in [0.1, 0.15) is 11.6 Å². The van der Waals surface area contributed by atoms with E-state index in [1.807, 2.05) is 0 Å². The molecule has 0 amide bonds. The predicted octanol–water partition coefficient (Wildman–Crippen LogP) is 4.28. The van der Waals surface area contributed by atoms with E-state index in [4.69, 9.17) is 9.47 Å². The molecule has 0 radical (unpaired) electrons. The van der Waals surface area contributed by atoms with Crippen molar-refractivity contribution in [3.05, 3.63) is 28.5 Å². The summed E-state index contributed by atoms with van der Waals surface area (Å²) in [7, 11) is -1.06. The van der Waals surface area contributed by atoms with Crippen LogP contribution in [-0.4, -0.2) is 21.5 Å². The third kappa shape index (κ3) is 6.19. The van der Waals surface area contributed by atoms with Crippen molar-refractivity contribution in [1.29, 1.82) is 0 Å². The molecular formula is C12H18BrFO2Si. The molecule has 5 heteroatoms. The summed E-state index contributed by atoms with van der Waals surface area (Å²) in [6, 6.07) is 5.43. The maximum Gasteiger partial charge on any atom is 0.189 e. The van der Waals surface area contributed by atoms with Crippen LogP contribution in [0.2, 0.25) is 25.7 Å². The molecule has 0 aliphatic carbocycles. The van der Waals surface area contributed by atoms with Gasteiger partial charge in [-0.15, -0.1) is 0 Å². The zero-order valence-corrected chi connectivity index (χ0v) is 13.0. The summed E-state index contributed by atoms with van der Waals surface area (Å²) in [5, 5.41) is 0. The van der Waals surface area contributed by atoms with Gasteiger partial charge in [-0.25, -0.2) is 4.39 Å². The van der Waals surface area contributed by atoms with Gasteiger partial charge in [-0.2, -0.15) is 0 Å². The van der Waals surface area contributed by atoms with Crippen molar-refractivity contribution in [2.45, 2.75) is 25.7 Å². The Morgan fingerprint density at radius 3 is 2.65 bits per heavy atom. The standard InChI is InChI=1S/C12H18BrFO2Si/c1-17(2,3)7-6-15-9-16-12-8-10(14)4-5-11(12)13/h4-5,8H,6-7,9H2,1-3H3. The van der Waals surface area contributed by atoms with E-state index in [2.05, 4.69) is 35.6 Å². The van der Waals surface area contributed by atoms with Gasteiger partial charge in [0.15, 0.2) is 6.79 Å². The first-order chi connectivity index (χ1) is 7.88. The summed E-state index contributed by atoms with van der Waals surface area (Å²) in [6.45, 7) is 7.73. The number of benzene rings is 1. The third-order valence-corrected chi connectivity index (χ3v) is 4.55. The highest BCUT2D eigenvalue weighted by Crippen LogP contribution is 2.25. The summed E-state index contributed by atoms with van der Waals surface area (Å²) in [5.41, 5.74) is 0. The lowest BCUT2D eigenvalue weighted by Gasteiger charge is -2.15. The molecule has 0 fully saturated rings. The normalized spacial score (nSPS) is 11.6. The lowest BCUT2D eigenvalue weighted by Crippen LogP contribution is -2.22. The van der Waals surface area contributed by atoms with Crippen molar-refractivity contribution in [3.8, 4) is 5.75 Å². The van der Waals surface area contributed by atoms with Crippen LogP contribution < -0.4 is 4.74 Å². The lowest BCUT2D eigenvalue weighted by molar-refractivity contribution is 0.0214. The van der Waals surface area contributed by atoms with Crippen molar-refractivity contribution in [1.82, 2.24) is 0 Å². The lowest BCUT2D eigenvalue weighted by atomic mass is 10.3. The van der Waals surface area contributed by atoms with Crippen LogP contribution in [0.25, 0.3) is 0 Å². The van der Waals surface area contributed by atoms with Gasteiger partial charge in [-0.3, -0.25) is 0 Å². The molecule has 0 bridgehead atoms. The van der Waals surface area contributed by atoms with E-state index < -0.39 is 8.07 Å². The van der Waals surface area contributed by atoms with Crippen molar-refractivity contribution >= 4 is 24.0 Å². The number of rotatable bonds is 6. The number of hydrogen-bond donors (Lipinski definition) is 0. The van der Waals surface area contributed by atoms with Crippen LogP contribution in [0.4, 0.5) is 4.39 Å². The number of ether oxygens (including phenoxy) is 2. The first kappa shape index (κ1) is 14.7. The van der Waals surface area contributed by atoms with Gasteiger partial charge in [0.2, 0.25) is 0 Å². The Labute approximate surface area is 111 Å². The fraction of sp³-hybridized carbons (Fsp3) is 0.500. The molecule has 0 unspecified atom stereocenters. The Hall–Kier alpha value is -0.393. The van der Waals surface area contributed by atoms with Gasteiger partial charge in [-0.05, 0) is 34.1 Å². The molecule has 0 aliphatic heterocycles. The summed E-state index contributed by atoms with van der Waals surface area (Å²) >= 11 is 3.29. The van der Waals surface area contributed by atoms with E-state index >= 15 is 0 Å². The first-order valence-corrected chi connectivity index (χ1v) is 10.0. The minimum absolute atomic E-state index is 0.159. The molecule has 0 saturated carbocycles. The average Bonchev–Trinajstić information content (AvgIpc) is 2.21. The summed E-state index contributed by atoms with van der Waals surface area (Å²) in [4.78, 5) is 0. The molecule has 17 heavy (non-hydrogen) atoms. The van der Waals surface area contributed by atoms with Crippen LogP contribution in [0.1, 0.15) is 0 Å². The van der Waals surface area contributed by atoms with Gasteiger partial charge in [0.25, 0.3) is 0 Å². The molecule has 1 rings (SSSR count). The van der Waals surface area contributed by atoms with Gasteiger partial charge in [0.05, 0.1) is 4.47 Å². The van der Waals surface area contributed by atoms with Gasteiger partial charge in [0, 0.05) is 20.7 Å². The molecule has 2 nitrogen and oxygen atoms in total. The average molecular weight is 321 g/mol. The van der Waals surface area contributed by atoms with E-state index in [1.165, 1.54) is 12.1 Å². The molecule has 0 heterocycles. The fourth-order valence-corrected chi connectivity index (χ4v) is 2.25. The van der Waals surface area contributed by atoms with Crippen LogP contribution in [0.15, 0.2) is 22.7 Å². The Morgan fingerprint density at radius 1 is 1.29 bits per heavy atom. The van der Waals surface area contributed by atoms with Crippen LogP contribution in [-0.2, 0) is 4.74 Å². The quantitative estimate of drug-likeness (QED) is 0.442. The third-order valence-electron chi connectivity index (χ3n) is 2.19. The minimum Gasteiger partial charge on any atom is -0.466 e. The maximum absolute atomic E-state index is 12.9. The zero-order valence-electron chi connectivity index (χ0n) is 10.4. The largest absolute Gasteiger partial charge is 0.466 e. The van der Waals surface area contributed by atoms with Crippen molar-refractivity contribution in [3.63, 3.8) is 0 Å². The van der Waals surface area contributed by atoms with Gasteiger partial charge in [-0.1, -0.05) is 19.6 Å². The number of halogens is 2. The van der Waals surface area contributed by atoms with Crippen LogP contribution in [0, 0.1) is 5.82 Å². The zero-order chi connectivity index (χ0) is 12.9. The maximum atomic E-state index is 12.9. The molecule has 1 aromatic rings. The molecule has 0 atom stereocenters. The molecule has 0 aromatic heterocycles. The fourth-order valence-electron chi connectivity index (χ4n) is 1.13. The van der Waals surface area contributed by atoms with Crippen molar-refractivity contribution in [2.24, 2.45) is 0 Å².